The number of nitrogens with two attached hydrogens (primary N) is 1. The SMILES string of the molecule is NC1CCCC1c1nc(CC2CCCCO2)no1. The summed E-state index contributed by atoms with van der Waals surface area (Å²) in [4.78, 5) is 4.50. The molecule has 0 bridgehead atoms. The first-order chi connectivity index (χ1) is 8.83. The van der Waals surface area contributed by atoms with Crippen molar-refractivity contribution in [1.29, 1.82) is 0 Å². The van der Waals surface area contributed by atoms with Gasteiger partial charge in [-0.05, 0) is 32.1 Å². The van der Waals surface area contributed by atoms with E-state index in [9.17, 15) is 0 Å². The Morgan fingerprint density at radius 1 is 1.17 bits per heavy atom. The molecule has 3 unspecified atom stereocenters. The van der Waals surface area contributed by atoms with E-state index >= 15 is 0 Å². The summed E-state index contributed by atoms with van der Waals surface area (Å²) in [7, 11) is 0. The van der Waals surface area contributed by atoms with Crippen LogP contribution in [0, 0.1) is 0 Å². The van der Waals surface area contributed by atoms with Crippen molar-refractivity contribution < 1.29 is 9.26 Å². The van der Waals surface area contributed by atoms with Gasteiger partial charge in [-0.1, -0.05) is 11.6 Å². The molecular formula is C13H21N3O2. The van der Waals surface area contributed by atoms with Gasteiger partial charge in [0.15, 0.2) is 5.82 Å². The third-order valence-electron chi connectivity index (χ3n) is 4.05. The van der Waals surface area contributed by atoms with E-state index in [2.05, 4.69) is 10.1 Å². The first kappa shape index (κ1) is 12.1. The summed E-state index contributed by atoms with van der Waals surface area (Å²) in [5.41, 5.74) is 6.05. The van der Waals surface area contributed by atoms with Crippen molar-refractivity contribution in [3.63, 3.8) is 0 Å². The lowest BCUT2D eigenvalue weighted by molar-refractivity contribution is 0.0153. The van der Waals surface area contributed by atoms with E-state index in [-0.39, 0.29) is 18.1 Å². The smallest absolute Gasteiger partial charge is 0.231 e. The van der Waals surface area contributed by atoms with Crippen LogP contribution in [0.2, 0.25) is 0 Å². The lowest BCUT2D eigenvalue weighted by atomic mass is 10.0. The van der Waals surface area contributed by atoms with E-state index in [1.165, 1.54) is 12.8 Å². The van der Waals surface area contributed by atoms with Crippen molar-refractivity contribution in [3.05, 3.63) is 11.7 Å². The maximum Gasteiger partial charge on any atom is 0.231 e. The summed E-state index contributed by atoms with van der Waals surface area (Å²) in [5, 5.41) is 4.07. The number of rotatable bonds is 3. The van der Waals surface area contributed by atoms with E-state index in [4.69, 9.17) is 15.0 Å². The zero-order valence-corrected chi connectivity index (χ0v) is 10.7. The second-order valence-corrected chi connectivity index (χ2v) is 5.44. The predicted molar refractivity (Wildman–Crippen MR) is 66.2 cm³/mol. The van der Waals surface area contributed by atoms with Gasteiger partial charge < -0.3 is 15.0 Å². The minimum absolute atomic E-state index is 0.184. The number of hydrogen-bond acceptors (Lipinski definition) is 5. The van der Waals surface area contributed by atoms with E-state index < -0.39 is 0 Å². The van der Waals surface area contributed by atoms with Gasteiger partial charge in [-0.3, -0.25) is 0 Å². The maximum absolute atomic E-state index is 6.05. The number of aromatic nitrogens is 2. The minimum atomic E-state index is 0.184. The first-order valence-electron chi connectivity index (χ1n) is 7.02. The summed E-state index contributed by atoms with van der Waals surface area (Å²) in [6.07, 6.45) is 7.85. The molecule has 0 spiro atoms. The lowest BCUT2D eigenvalue weighted by Gasteiger charge is -2.20. The zero-order chi connectivity index (χ0) is 12.4. The molecule has 3 rings (SSSR count). The van der Waals surface area contributed by atoms with Gasteiger partial charge in [0, 0.05) is 19.1 Å². The highest BCUT2D eigenvalue weighted by Gasteiger charge is 2.30. The predicted octanol–water partition coefficient (Wildman–Crippen LogP) is 1.78. The topological polar surface area (TPSA) is 74.2 Å². The molecule has 0 amide bonds. The average Bonchev–Trinajstić information content (AvgIpc) is 2.99. The summed E-state index contributed by atoms with van der Waals surface area (Å²) < 4.78 is 11.1. The zero-order valence-electron chi connectivity index (χ0n) is 10.7. The molecule has 5 nitrogen and oxygen atoms in total. The molecule has 100 valence electrons. The van der Waals surface area contributed by atoms with Gasteiger partial charge in [-0.25, -0.2) is 0 Å². The molecule has 1 saturated heterocycles. The number of hydrogen-bond donors (Lipinski definition) is 1. The first-order valence-corrected chi connectivity index (χ1v) is 7.02. The molecule has 3 atom stereocenters. The van der Waals surface area contributed by atoms with Gasteiger partial charge >= 0.3 is 0 Å². The number of nitrogens with zero attached hydrogens (tertiary/aromatic N) is 2. The third-order valence-corrected chi connectivity index (χ3v) is 4.05. The highest BCUT2D eigenvalue weighted by atomic mass is 16.5. The van der Waals surface area contributed by atoms with Crippen molar-refractivity contribution in [2.45, 2.75) is 63.0 Å². The monoisotopic (exact) mass is 251 g/mol. The van der Waals surface area contributed by atoms with Crippen molar-refractivity contribution in [1.82, 2.24) is 10.1 Å². The Morgan fingerprint density at radius 2 is 2.11 bits per heavy atom. The lowest BCUT2D eigenvalue weighted by Crippen LogP contribution is -2.23. The van der Waals surface area contributed by atoms with Crippen LogP contribution in [0.15, 0.2) is 4.52 Å². The highest BCUT2D eigenvalue weighted by Crippen LogP contribution is 2.32. The molecule has 2 fully saturated rings. The van der Waals surface area contributed by atoms with Crippen LogP contribution < -0.4 is 5.73 Å². The fraction of sp³-hybridized carbons (Fsp3) is 0.846. The van der Waals surface area contributed by atoms with Crippen molar-refractivity contribution >= 4 is 0 Å². The Kier molecular flexibility index (Phi) is 3.61. The van der Waals surface area contributed by atoms with E-state index in [1.54, 1.807) is 0 Å². The van der Waals surface area contributed by atoms with Gasteiger partial charge in [0.2, 0.25) is 5.89 Å². The molecular weight excluding hydrogens is 230 g/mol. The van der Waals surface area contributed by atoms with Gasteiger partial charge in [0.05, 0.1) is 12.0 Å². The Balaban J connectivity index is 1.62. The Morgan fingerprint density at radius 3 is 2.83 bits per heavy atom. The van der Waals surface area contributed by atoms with E-state index in [0.717, 1.165) is 50.4 Å². The Labute approximate surface area is 107 Å². The van der Waals surface area contributed by atoms with Gasteiger partial charge in [0.25, 0.3) is 0 Å². The van der Waals surface area contributed by atoms with Gasteiger partial charge in [-0.15, -0.1) is 0 Å². The molecule has 1 aliphatic carbocycles. The van der Waals surface area contributed by atoms with Gasteiger partial charge in [0.1, 0.15) is 0 Å². The molecule has 2 aliphatic rings. The highest BCUT2D eigenvalue weighted by molar-refractivity contribution is 5.02. The summed E-state index contributed by atoms with van der Waals surface area (Å²) >= 11 is 0. The van der Waals surface area contributed by atoms with Crippen LogP contribution >= 0.6 is 0 Å². The molecule has 1 aromatic heterocycles. The third kappa shape index (κ3) is 2.57. The molecule has 2 N–H and O–H groups in total. The van der Waals surface area contributed by atoms with Crippen molar-refractivity contribution in [2.24, 2.45) is 5.73 Å². The fourth-order valence-corrected chi connectivity index (χ4v) is 2.97. The van der Waals surface area contributed by atoms with Crippen LogP contribution in [0.5, 0.6) is 0 Å². The van der Waals surface area contributed by atoms with Crippen molar-refractivity contribution in [2.75, 3.05) is 6.61 Å². The average molecular weight is 251 g/mol. The van der Waals surface area contributed by atoms with Crippen LogP contribution in [-0.2, 0) is 11.2 Å². The summed E-state index contributed by atoms with van der Waals surface area (Å²) in [5.74, 6) is 1.76. The van der Waals surface area contributed by atoms with Crippen LogP contribution in [0.3, 0.4) is 0 Å². The van der Waals surface area contributed by atoms with Crippen LogP contribution in [0.25, 0.3) is 0 Å². The molecule has 5 heteroatoms. The largest absolute Gasteiger partial charge is 0.378 e. The molecule has 1 aliphatic heterocycles. The second kappa shape index (κ2) is 5.36. The van der Waals surface area contributed by atoms with Crippen molar-refractivity contribution in [3.8, 4) is 0 Å². The van der Waals surface area contributed by atoms with E-state index in [1.807, 2.05) is 0 Å². The van der Waals surface area contributed by atoms with Crippen LogP contribution in [-0.4, -0.2) is 28.9 Å². The molecule has 1 saturated carbocycles. The van der Waals surface area contributed by atoms with Gasteiger partial charge in [-0.2, -0.15) is 4.98 Å². The molecule has 18 heavy (non-hydrogen) atoms. The summed E-state index contributed by atoms with van der Waals surface area (Å²) in [6, 6.07) is 0.184. The maximum atomic E-state index is 6.05. The second-order valence-electron chi connectivity index (χ2n) is 5.44. The molecule has 0 radical (unpaired) electrons. The quantitative estimate of drug-likeness (QED) is 0.886. The normalized spacial score (nSPS) is 32.8. The minimum Gasteiger partial charge on any atom is -0.378 e. The molecule has 1 aromatic rings. The Bertz CT molecular complexity index is 387. The van der Waals surface area contributed by atoms with Crippen LogP contribution in [0.4, 0.5) is 0 Å². The fourth-order valence-electron chi connectivity index (χ4n) is 2.97. The Hall–Kier alpha value is -0.940. The standard InChI is InChI=1S/C13H21N3O2/c14-11-6-3-5-10(11)13-15-12(16-18-13)8-9-4-1-2-7-17-9/h9-11H,1-8,14H2. The molecule has 2 heterocycles. The summed E-state index contributed by atoms with van der Waals surface area (Å²) in [6.45, 7) is 0.864. The molecule has 0 aromatic carbocycles. The number of ether oxygens (including phenoxy) is 1. The van der Waals surface area contributed by atoms with Crippen LogP contribution in [0.1, 0.15) is 56.2 Å². The van der Waals surface area contributed by atoms with E-state index in [0.29, 0.717) is 0 Å².